The van der Waals surface area contributed by atoms with Crippen molar-refractivity contribution in [2.24, 2.45) is 5.92 Å². The summed E-state index contributed by atoms with van der Waals surface area (Å²) in [7, 11) is 0. The van der Waals surface area contributed by atoms with Gasteiger partial charge in [-0.1, -0.05) is 59.7 Å². The van der Waals surface area contributed by atoms with E-state index < -0.39 is 0 Å². The van der Waals surface area contributed by atoms with Gasteiger partial charge in [0.2, 0.25) is 11.9 Å². The molecule has 1 saturated heterocycles. The molecule has 3 aromatic rings. The lowest BCUT2D eigenvalue weighted by atomic mass is 10.0. The van der Waals surface area contributed by atoms with E-state index in [9.17, 15) is 4.79 Å². The summed E-state index contributed by atoms with van der Waals surface area (Å²) in [6, 6.07) is 18.8. The van der Waals surface area contributed by atoms with Crippen LogP contribution in [0.3, 0.4) is 0 Å². The van der Waals surface area contributed by atoms with Gasteiger partial charge in [-0.3, -0.25) is 4.79 Å². The van der Waals surface area contributed by atoms with Crippen molar-refractivity contribution in [2.75, 3.05) is 24.5 Å². The number of aromatic nitrogens is 4. The first-order valence-corrected chi connectivity index (χ1v) is 9.68. The Hall–Kier alpha value is -3.22. The fraction of sp³-hybridized carbons (Fsp3) is 0.333. The van der Waals surface area contributed by atoms with E-state index in [1.165, 1.54) is 11.1 Å². The standard InChI is InChI=1S/C21H24N6O/c1-2-22-20(28)19-12-13-26(15-19)21-23-24-25-27(21)14-16-8-10-18(11-9-16)17-6-4-3-5-7-17/h3-11,19H,2,12-15H2,1H3,(H,22,28). The highest BCUT2D eigenvalue weighted by atomic mass is 16.1. The van der Waals surface area contributed by atoms with Crippen molar-refractivity contribution < 1.29 is 4.79 Å². The summed E-state index contributed by atoms with van der Waals surface area (Å²) in [6.07, 6.45) is 0.824. The molecule has 1 aliphatic rings. The van der Waals surface area contributed by atoms with E-state index in [0.717, 1.165) is 24.5 Å². The van der Waals surface area contributed by atoms with Crippen LogP contribution in [0.25, 0.3) is 11.1 Å². The van der Waals surface area contributed by atoms with Crippen LogP contribution >= 0.6 is 0 Å². The number of anilines is 1. The number of tetrazole rings is 1. The first-order chi connectivity index (χ1) is 13.7. The van der Waals surface area contributed by atoms with E-state index in [1.54, 1.807) is 4.68 Å². The third-order valence-electron chi connectivity index (χ3n) is 5.10. The summed E-state index contributed by atoms with van der Waals surface area (Å²) >= 11 is 0. The van der Waals surface area contributed by atoms with Crippen LogP contribution in [0.4, 0.5) is 5.95 Å². The third kappa shape index (κ3) is 3.88. The minimum atomic E-state index is -0.00439. The number of hydrogen-bond donors (Lipinski definition) is 1. The minimum absolute atomic E-state index is 0.00439. The van der Waals surface area contributed by atoms with Gasteiger partial charge in [-0.2, -0.15) is 0 Å². The SMILES string of the molecule is CCNC(=O)C1CCN(c2nnnn2Cc2ccc(-c3ccccc3)cc2)C1. The Bertz CT molecular complexity index is 922. The Kier molecular flexibility index (Phi) is 5.32. The first kappa shape index (κ1) is 18.2. The van der Waals surface area contributed by atoms with Gasteiger partial charge >= 0.3 is 0 Å². The molecule has 0 saturated carbocycles. The molecule has 0 spiro atoms. The molecule has 1 amide bonds. The number of carbonyl (C=O) groups excluding carboxylic acids is 1. The molecule has 1 fully saturated rings. The van der Waals surface area contributed by atoms with E-state index in [-0.39, 0.29) is 11.8 Å². The highest BCUT2D eigenvalue weighted by molar-refractivity contribution is 5.79. The Morgan fingerprint density at radius 3 is 2.61 bits per heavy atom. The summed E-state index contributed by atoms with van der Waals surface area (Å²) in [5.74, 6) is 0.828. The molecule has 1 aliphatic heterocycles. The molecule has 0 radical (unpaired) electrons. The lowest BCUT2D eigenvalue weighted by molar-refractivity contribution is -0.124. The lowest BCUT2D eigenvalue weighted by Crippen LogP contribution is -2.33. The molecule has 1 atom stereocenters. The van der Waals surface area contributed by atoms with Gasteiger partial charge in [0, 0.05) is 19.6 Å². The average molecular weight is 376 g/mol. The molecule has 0 aliphatic carbocycles. The number of carbonyl (C=O) groups is 1. The van der Waals surface area contributed by atoms with Gasteiger partial charge in [0.05, 0.1) is 12.5 Å². The van der Waals surface area contributed by atoms with Crippen molar-refractivity contribution in [1.29, 1.82) is 0 Å². The van der Waals surface area contributed by atoms with Crippen LogP contribution in [-0.4, -0.2) is 45.7 Å². The maximum Gasteiger partial charge on any atom is 0.245 e. The predicted octanol–water partition coefficient (Wildman–Crippen LogP) is 2.35. The molecular formula is C21H24N6O. The molecule has 7 nitrogen and oxygen atoms in total. The average Bonchev–Trinajstić information content (AvgIpc) is 3.39. The molecule has 1 N–H and O–H groups in total. The second-order valence-corrected chi connectivity index (χ2v) is 7.03. The predicted molar refractivity (Wildman–Crippen MR) is 108 cm³/mol. The van der Waals surface area contributed by atoms with Crippen molar-refractivity contribution >= 4 is 11.9 Å². The highest BCUT2D eigenvalue weighted by Gasteiger charge is 2.30. The van der Waals surface area contributed by atoms with Crippen LogP contribution in [0.5, 0.6) is 0 Å². The summed E-state index contributed by atoms with van der Waals surface area (Å²) in [6.45, 7) is 4.63. The second kappa shape index (κ2) is 8.21. The number of amides is 1. The molecule has 0 bridgehead atoms. The smallest absolute Gasteiger partial charge is 0.245 e. The highest BCUT2D eigenvalue weighted by Crippen LogP contribution is 2.23. The van der Waals surface area contributed by atoms with Crippen molar-refractivity contribution in [3.8, 4) is 11.1 Å². The first-order valence-electron chi connectivity index (χ1n) is 9.68. The van der Waals surface area contributed by atoms with Crippen LogP contribution < -0.4 is 10.2 Å². The Balaban J connectivity index is 1.44. The molecule has 2 heterocycles. The van der Waals surface area contributed by atoms with Crippen LogP contribution in [-0.2, 0) is 11.3 Å². The van der Waals surface area contributed by atoms with E-state index in [0.29, 0.717) is 19.6 Å². The van der Waals surface area contributed by atoms with E-state index in [1.807, 2.05) is 25.1 Å². The van der Waals surface area contributed by atoms with Gasteiger partial charge in [0.15, 0.2) is 0 Å². The van der Waals surface area contributed by atoms with Gasteiger partial charge < -0.3 is 10.2 Å². The van der Waals surface area contributed by atoms with Crippen LogP contribution in [0.2, 0.25) is 0 Å². The van der Waals surface area contributed by atoms with Gasteiger partial charge in [-0.15, -0.1) is 0 Å². The lowest BCUT2D eigenvalue weighted by Gasteiger charge is -2.17. The molecule has 2 aromatic carbocycles. The van der Waals surface area contributed by atoms with Gasteiger partial charge in [0.1, 0.15) is 0 Å². The Morgan fingerprint density at radius 1 is 1.11 bits per heavy atom. The van der Waals surface area contributed by atoms with Crippen molar-refractivity contribution in [1.82, 2.24) is 25.5 Å². The third-order valence-corrected chi connectivity index (χ3v) is 5.10. The van der Waals surface area contributed by atoms with Crippen LogP contribution in [0.15, 0.2) is 54.6 Å². The van der Waals surface area contributed by atoms with Crippen molar-refractivity contribution in [3.63, 3.8) is 0 Å². The maximum atomic E-state index is 12.1. The Morgan fingerprint density at radius 2 is 1.86 bits per heavy atom. The van der Waals surface area contributed by atoms with Gasteiger partial charge in [-0.25, -0.2) is 4.68 Å². The maximum absolute atomic E-state index is 12.1. The number of rotatable bonds is 6. The molecular weight excluding hydrogens is 352 g/mol. The van der Waals surface area contributed by atoms with Gasteiger partial charge in [0.25, 0.3) is 0 Å². The Labute approximate surface area is 164 Å². The fourth-order valence-electron chi connectivity index (χ4n) is 3.61. The molecule has 144 valence electrons. The summed E-state index contributed by atoms with van der Waals surface area (Å²) in [4.78, 5) is 14.2. The number of benzene rings is 2. The van der Waals surface area contributed by atoms with Crippen LogP contribution in [0, 0.1) is 5.92 Å². The number of nitrogens with zero attached hydrogens (tertiary/aromatic N) is 5. The van der Waals surface area contributed by atoms with E-state index in [2.05, 4.69) is 62.1 Å². The molecule has 1 unspecified atom stereocenters. The monoisotopic (exact) mass is 376 g/mol. The topological polar surface area (TPSA) is 75.9 Å². The van der Waals surface area contributed by atoms with E-state index in [4.69, 9.17) is 0 Å². The van der Waals surface area contributed by atoms with Crippen molar-refractivity contribution in [2.45, 2.75) is 19.9 Å². The zero-order chi connectivity index (χ0) is 19.3. The summed E-state index contributed by atoms with van der Waals surface area (Å²) in [5.41, 5.74) is 3.52. The van der Waals surface area contributed by atoms with Gasteiger partial charge in [-0.05, 0) is 40.5 Å². The second-order valence-electron chi connectivity index (χ2n) is 7.03. The van der Waals surface area contributed by atoms with Crippen molar-refractivity contribution in [3.05, 3.63) is 60.2 Å². The minimum Gasteiger partial charge on any atom is -0.356 e. The summed E-state index contributed by atoms with van der Waals surface area (Å²) < 4.78 is 1.80. The summed E-state index contributed by atoms with van der Waals surface area (Å²) in [5, 5.41) is 15.1. The largest absolute Gasteiger partial charge is 0.356 e. The molecule has 7 heteroatoms. The van der Waals surface area contributed by atoms with Crippen LogP contribution in [0.1, 0.15) is 18.9 Å². The quantitative estimate of drug-likeness (QED) is 0.715. The molecule has 28 heavy (non-hydrogen) atoms. The normalized spacial score (nSPS) is 16.3. The zero-order valence-corrected chi connectivity index (χ0v) is 16.0. The number of hydrogen-bond acceptors (Lipinski definition) is 5. The molecule has 1 aromatic heterocycles. The zero-order valence-electron chi connectivity index (χ0n) is 16.0. The molecule has 4 rings (SSSR count). The number of nitrogens with one attached hydrogen (secondary N) is 1. The van der Waals surface area contributed by atoms with E-state index >= 15 is 0 Å². The fourth-order valence-corrected chi connectivity index (χ4v) is 3.61.